The molecule has 2 N–H and O–H groups in total. The molecule has 0 spiro atoms. The summed E-state index contributed by atoms with van der Waals surface area (Å²) < 4.78 is 5.54. The van der Waals surface area contributed by atoms with E-state index >= 15 is 0 Å². The Morgan fingerprint density at radius 1 is 1.03 bits per heavy atom. The first kappa shape index (κ1) is 23.0. The zero-order chi connectivity index (χ0) is 21.4. The van der Waals surface area contributed by atoms with Gasteiger partial charge in [0.1, 0.15) is 5.75 Å². The SMILES string of the molecule is CCOc1ccccc1NC(=O)C(C)N(CC)CC(=O)Nc1c(Cl)cccc1Cl. The number of nitrogens with zero attached hydrogens (tertiary/aromatic N) is 1. The molecule has 0 saturated heterocycles. The first-order chi connectivity index (χ1) is 13.9. The molecule has 2 rings (SSSR count). The Kier molecular flexibility index (Phi) is 8.76. The van der Waals surface area contributed by atoms with Gasteiger partial charge in [-0.25, -0.2) is 0 Å². The second-order valence-corrected chi connectivity index (χ2v) is 7.12. The molecule has 0 bridgehead atoms. The van der Waals surface area contributed by atoms with Crippen molar-refractivity contribution < 1.29 is 14.3 Å². The van der Waals surface area contributed by atoms with Gasteiger partial charge in [0.15, 0.2) is 0 Å². The third kappa shape index (κ3) is 6.35. The van der Waals surface area contributed by atoms with Crippen molar-refractivity contribution in [2.75, 3.05) is 30.3 Å². The Balaban J connectivity index is 2.03. The highest BCUT2D eigenvalue weighted by molar-refractivity contribution is 6.39. The largest absolute Gasteiger partial charge is 0.492 e. The lowest BCUT2D eigenvalue weighted by Crippen LogP contribution is -2.45. The Labute approximate surface area is 181 Å². The van der Waals surface area contributed by atoms with Crippen LogP contribution in [0.1, 0.15) is 20.8 Å². The van der Waals surface area contributed by atoms with E-state index in [1.165, 1.54) is 0 Å². The number of hydrogen-bond donors (Lipinski definition) is 2. The number of amides is 2. The number of ether oxygens (including phenoxy) is 1. The number of benzene rings is 2. The number of hydrogen-bond acceptors (Lipinski definition) is 4. The number of nitrogens with one attached hydrogen (secondary N) is 2. The van der Waals surface area contributed by atoms with Gasteiger partial charge in [0.2, 0.25) is 11.8 Å². The van der Waals surface area contributed by atoms with Gasteiger partial charge < -0.3 is 15.4 Å². The summed E-state index contributed by atoms with van der Waals surface area (Å²) >= 11 is 12.2. The Bertz CT molecular complexity index is 841. The zero-order valence-electron chi connectivity index (χ0n) is 16.7. The van der Waals surface area contributed by atoms with Crippen molar-refractivity contribution in [2.45, 2.75) is 26.8 Å². The maximum absolute atomic E-state index is 12.7. The molecule has 29 heavy (non-hydrogen) atoms. The minimum atomic E-state index is -0.540. The molecule has 0 saturated carbocycles. The second-order valence-electron chi connectivity index (χ2n) is 6.30. The first-order valence-electron chi connectivity index (χ1n) is 9.37. The smallest absolute Gasteiger partial charge is 0.241 e. The third-order valence-electron chi connectivity index (χ3n) is 4.35. The van der Waals surface area contributed by atoms with Crippen LogP contribution in [0.15, 0.2) is 42.5 Å². The molecule has 0 aromatic heterocycles. The molecule has 1 atom stereocenters. The second kappa shape index (κ2) is 11.0. The summed E-state index contributed by atoms with van der Waals surface area (Å²) in [6.45, 7) is 6.52. The van der Waals surface area contributed by atoms with Crippen LogP contribution < -0.4 is 15.4 Å². The van der Waals surface area contributed by atoms with Crippen molar-refractivity contribution in [3.8, 4) is 5.75 Å². The molecular formula is C21H25Cl2N3O3. The molecule has 0 aliphatic rings. The van der Waals surface area contributed by atoms with E-state index in [0.717, 1.165) is 0 Å². The first-order valence-corrected chi connectivity index (χ1v) is 10.1. The molecule has 0 aliphatic heterocycles. The molecule has 1 unspecified atom stereocenters. The maximum atomic E-state index is 12.7. The summed E-state index contributed by atoms with van der Waals surface area (Å²) in [5.41, 5.74) is 0.953. The Hall–Kier alpha value is -2.28. The Morgan fingerprint density at radius 3 is 2.31 bits per heavy atom. The number of likely N-dealkylation sites (N-methyl/N-ethyl adjacent to an activating group) is 1. The normalized spacial score (nSPS) is 11.8. The van der Waals surface area contributed by atoms with E-state index in [-0.39, 0.29) is 18.4 Å². The molecular weight excluding hydrogens is 413 g/mol. The molecule has 156 valence electrons. The van der Waals surface area contributed by atoms with Crippen LogP contribution in [0, 0.1) is 0 Å². The van der Waals surface area contributed by atoms with Crippen LogP contribution in [0.2, 0.25) is 10.0 Å². The van der Waals surface area contributed by atoms with E-state index in [4.69, 9.17) is 27.9 Å². The maximum Gasteiger partial charge on any atom is 0.241 e. The van der Waals surface area contributed by atoms with E-state index < -0.39 is 6.04 Å². The minimum Gasteiger partial charge on any atom is -0.492 e. The summed E-state index contributed by atoms with van der Waals surface area (Å²) in [6.07, 6.45) is 0. The predicted octanol–water partition coefficient (Wildman–Crippen LogP) is 4.68. The molecule has 0 radical (unpaired) electrons. The van der Waals surface area contributed by atoms with E-state index in [1.807, 2.05) is 26.0 Å². The highest BCUT2D eigenvalue weighted by Gasteiger charge is 2.23. The van der Waals surface area contributed by atoms with Gasteiger partial charge in [-0.3, -0.25) is 14.5 Å². The van der Waals surface area contributed by atoms with Crippen LogP contribution >= 0.6 is 23.2 Å². The summed E-state index contributed by atoms with van der Waals surface area (Å²) in [6, 6.07) is 11.7. The van der Waals surface area contributed by atoms with Crippen molar-refractivity contribution in [2.24, 2.45) is 0 Å². The van der Waals surface area contributed by atoms with Gasteiger partial charge in [-0.1, -0.05) is 48.3 Å². The van der Waals surface area contributed by atoms with Crippen molar-refractivity contribution in [1.29, 1.82) is 0 Å². The van der Waals surface area contributed by atoms with Gasteiger partial charge in [0.25, 0.3) is 0 Å². The third-order valence-corrected chi connectivity index (χ3v) is 4.98. The molecule has 0 fully saturated rings. The summed E-state index contributed by atoms with van der Waals surface area (Å²) in [5.74, 6) is 0.0588. The highest BCUT2D eigenvalue weighted by atomic mass is 35.5. The van der Waals surface area contributed by atoms with E-state index in [2.05, 4.69) is 10.6 Å². The van der Waals surface area contributed by atoms with Crippen LogP contribution in [-0.4, -0.2) is 42.5 Å². The van der Waals surface area contributed by atoms with Crippen LogP contribution in [-0.2, 0) is 9.59 Å². The highest BCUT2D eigenvalue weighted by Crippen LogP contribution is 2.29. The van der Waals surface area contributed by atoms with Gasteiger partial charge in [-0.2, -0.15) is 0 Å². The predicted molar refractivity (Wildman–Crippen MR) is 118 cm³/mol. The molecule has 0 heterocycles. The van der Waals surface area contributed by atoms with E-state index in [9.17, 15) is 9.59 Å². The fourth-order valence-corrected chi connectivity index (χ4v) is 3.25. The Morgan fingerprint density at radius 2 is 1.69 bits per heavy atom. The van der Waals surface area contributed by atoms with Gasteiger partial charge in [-0.15, -0.1) is 0 Å². The average molecular weight is 438 g/mol. The molecule has 2 aromatic carbocycles. The van der Waals surface area contributed by atoms with Crippen molar-refractivity contribution in [3.63, 3.8) is 0 Å². The molecule has 2 aromatic rings. The number of para-hydroxylation sites is 3. The van der Waals surface area contributed by atoms with Crippen LogP contribution in [0.4, 0.5) is 11.4 Å². The van der Waals surface area contributed by atoms with Crippen molar-refractivity contribution in [1.82, 2.24) is 4.90 Å². The fourth-order valence-electron chi connectivity index (χ4n) is 2.76. The number of halogens is 2. The van der Waals surface area contributed by atoms with E-state index in [0.29, 0.717) is 40.3 Å². The lowest BCUT2D eigenvalue weighted by atomic mass is 10.2. The molecule has 6 nitrogen and oxygen atoms in total. The monoisotopic (exact) mass is 437 g/mol. The van der Waals surface area contributed by atoms with Crippen molar-refractivity contribution >= 4 is 46.4 Å². The minimum absolute atomic E-state index is 0.0136. The summed E-state index contributed by atoms with van der Waals surface area (Å²) in [5, 5.41) is 6.30. The topological polar surface area (TPSA) is 70.7 Å². The molecule has 2 amide bonds. The van der Waals surface area contributed by atoms with Crippen LogP contribution in [0.5, 0.6) is 5.75 Å². The van der Waals surface area contributed by atoms with Crippen LogP contribution in [0.3, 0.4) is 0 Å². The van der Waals surface area contributed by atoms with Crippen LogP contribution in [0.25, 0.3) is 0 Å². The lowest BCUT2D eigenvalue weighted by molar-refractivity contribution is -0.123. The molecule has 8 heteroatoms. The van der Waals surface area contributed by atoms with E-state index in [1.54, 1.807) is 42.2 Å². The lowest BCUT2D eigenvalue weighted by Gasteiger charge is -2.26. The van der Waals surface area contributed by atoms with Crippen molar-refractivity contribution in [3.05, 3.63) is 52.5 Å². The zero-order valence-corrected chi connectivity index (χ0v) is 18.2. The molecule has 0 aliphatic carbocycles. The van der Waals surface area contributed by atoms with Gasteiger partial charge in [0.05, 0.1) is 40.6 Å². The summed E-state index contributed by atoms with van der Waals surface area (Å²) in [7, 11) is 0. The summed E-state index contributed by atoms with van der Waals surface area (Å²) in [4.78, 5) is 27.0. The quantitative estimate of drug-likeness (QED) is 0.597. The number of rotatable bonds is 9. The van der Waals surface area contributed by atoms with Gasteiger partial charge >= 0.3 is 0 Å². The van der Waals surface area contributed by atoms with Gasteiger partial charge in [-0.05, 0) is 44.7 Å². The number of carbonyl (C=O) groups is 2. The number of carbonyl (C=O) groups excluding carboxylic acids is 2. The number of anilines is 2. The fraction of sp³-hybridized carbons (Fsp3) is 0.333. The van der Waals surface area contributed by atoms with Gasteiger partial charge in [0, 0.05) is 0 Å². The average Bonchev–Trinajstić information content (AvgIpc) is 2.70. The standard InChI is InChI=1S/C21H25Cl2N3O3/c1-4-26(13-19(27)25-20-15(22)9-8-10-16(20)23)14(3)21(28)24-17-11-6-7-12-18(17)29-5-2/h6-12,14H,4-5,13H2,1-3H3,(H,24,28)(H,25,27).